The van der Waals surface area contributed by atoms with Crippen molar-refractivity contribution >= 4 is 0 Å². The third-order valence-electron chi connectivity index (χ3n) is 5.06. The minimum absolute atomic E-state index is 0.264. The van der Waals surface area contributed by atoms with Gasteiger partial charge in [-0.1, -0.05) is 27.7 Å². The lowest BCUT2D eigenvalue weighted by Gasteiger charge is -2.49. The predicted molar refractivity (Wildman–Crippen MR) is 73.9 cm³/mol. The van der Waals surface area contributed by atoms with E-state index in [0.717, 1.165) is 23.7 Å². The van der Waals surface area contributed by atoms with Gasteiger partial charge in [0, 0.05) is 0 Å². The van der Waals surface area contributed by atoms with Crippen LogP contribution in [-0.4, -0.2) is 18.8 Å². The van der Waals surface area contributed by atoms with Gasteiger partial charge in [0.1, 0.15) is 0 Å². The van der Waals surface area contributed by atoms with Gasteiger partial charge < -0.3 is 0 Å². The molecule has 0 amide bonds. The molecule has 17 heavy (non-hydrogen) atoms. The number of hydrogen-bond acceptors (Lipinski definition) is 2. The van der Waals surface area contributed by atoms with E-state index in [1.165, 1.54) is 38.8 Å². The fourth-order valence-electron chi connectivity index (χ4n) is 3.67. The number of piperidine rings is 2. The highest BCUT2D eigenvalue weighted by molar-refractivity contribution is 4.97. The van der Waals surface area contributed by atoms with Crippen LogP contribution in [0.2, 0.25) is 0 Å². The molecule has 0 bridgehead atoms. The van der Waals surface area contributed by atoms with Crippen molar-refractivity contribution < 1.29 is 0 Å². The quantitative estimate of drug-likeness (QED) is 0.773. The molecule has 0 unspecified atom stereocenters. The Kier molecular flexibility index (Phi) is 4.14. The predicted octanol–water partition coefficient (Wildman–Crippen LogP) is 2.99. The van der Waals surface area contributed by atoms with E-state index >= 15 is 0 Å². The zero-order valence-corrected chi connectivity index (χ0v) is 12.1. The molecule has 0 saturated carbocycles. The van der Waals surface area contributed by atoms with E-state index in [0.29, 0.717) is 0 Å². The first-order valence-electron chi connectivity index (χ1n) is 7.52. The molecule has 2 aliphatic rings. The number of hydrogen-bond donors (Lipinski definition) is 2. The monoisotopic (exact) mass is 238 g/mol. The molecule has 2 N–H and O–H groups in total. The average molecular weight is 238 g/mol. The smallest absolute Gasteiger partial charge is 0.0692 e. The first-order valence-corrected chi connectivity index (χ1v) is 7.52. The molecular formula is C15H30N2. The van der Waals surface area contributed by atoms with Crippen LogP contribution in [0.15, 0.2) is 0 Å². The number of rotatable bonds is 2. The van der Waals surface area contributed by atoms with Gasteiger partial charge in [-0.2, -0.15) is 0 Å². The summed E-state index contributed by atoms with van der Waals surface area (Å²) in [6.45, 7) is 11.9. The van der Waals surface area contributed by atoms with E-state index in [2.05, 4.69) is 38.3 Å². The maximum atomic E-state index is 3.79. The van der Waals surface area contributed by atoms with E-state index in [9.17, 15) is 0 Å². The Hall–Kier alpha value is -0.0800. The molecule has 2 fully saturated rings. The first kappa shape index (κ1) is 13.4. The van der Waals surface area contributed by atoms with Crippen LogP contribution < -0.4 is 10.6 Å². The van der Waals surface area contributed by atoms with Crippen LogP contribution in [0.3, 0.4) is 0 Å². The largest absolute Gasteiger partial charge is 0.299 e. The first-order chi connectivity index (χ1) is 8.02. The molecule has 0 aliphatic carbocycles. The van der Waals surface area contributed by atoms with Gasteiger partial charge in [0.05, 0.1) is 5.66 Å². The third kappa shape index (κ3) is 3.03. The molecule has 2 atom stereocenters. The standard InChI is InChI=1S/C15H30N2/c1-11(2)13-5-7-16-15(9-13)10-14(12(3)4)6-8-17-15/h11-14,16-17H,5-10H2,1-4H3/t13-,14-,15?/m1/s1. The highest BCUT2D eigenvalue weighted by Crippen LogP contribution is 2.37. The van der Waals surface area contributed by atoms with Crippen LogP contribution in [0.4, 0.5) is 0 Å². The minimum Gasteiger partial charge on any atom is -0.299 e. The average Bonchev–Trinajstić information content (AvgIpc) is 2.29. The van der Waals surface area contributed by atoms with Crippen LogP contribution in [0.25, 0.3) is 0 Å². The van der Waals surface area contributed by atoms with Gasteiger partial charge in [-0.3, -0.25) is 10.6 Å². The Morgan fingerprint density at radius 1 is 0.824 bits per heavy atom. The molecule has 0 aromatic heterocycles. The topological polar surface area (TPSA) is 24.1 Å². The van der Waals surface area contributed by atoms with E-state index in [-0.39, 0.29) is 5.66 Å². The second kappa shape index (κ2) is 5.27. The zero-order valence-electron chi connectivity index (χ0n) is 12.1. The van der Waals surface area contributed by atoms with E-state index in [1.807, 2.05) is 0 Å². The van der Waals surface area contributed by atoms with Crippen molar-refractivity contribution in [3.05, 3.63) is 0 Å². The normalized spacial score (nSPS) is 33.5. The molecule has 2 nitrogen and oxygen atoms in total. The Bertz CT molecular complexity index is 221. The van der Waals surface area contributed by atoms with Crippen molar-refractivity contribution in [1.82, 2.24) is 10.6 Å². The fraction of sp³-hybridized carbons (Fsp3) is 1.00. The highest BCUT2D eigenvalue weighted by Gasteiger charge is 2.41. The third-order valence-corrected chi connectivity index (χ3v) is 5.06. The van der Waals surface area contributed by atoms with Crippen LogP contribution in [-0.2, 0) is 0 Å². The summed E-state index contributed by atoms with van der Waals surface area (Å²) < 4.78 is 0. The Balaban J connectivity index is 2.02. The molecule has 0 radical (unpaired) electrons. The lowest BCUT2D eigenvalue weighted by atomic mass is 9.73. The molecule has 1 spiro atoms. The van der Waals surface area contributed by atoms with Crippen molar-refractivity contribution in [3.63, 3.8) is 0 Å². The zero-order chi connectivity index (χ0) is 12.5. The Morgan fingerprint density at radius 3 is 1.59 bits per heavy atom. The van der Waals surface area contributed by atoms with Crippen molar-refractivity contribution in [2.45, 2.75) is 59.0 Å². The summed E-state index contributed by atoms with van der Waals surface area (Å²) in [5, 5.41) is 7.59. The van der Waals surface area contributed by atoms with Crippen LogP contribution in [0.1, 0.15) is 53.4 Å². The Labute approximate surface area is 107 Å². The van der Waals surface area contributed by atoms with Gasteiger partial charge in [0.15, 0.2) is 0 Å². The summed E-state index contributed by atoms with van der Waals surface area (Å²) in [7, 11) is 0. The molecule has 2 aliphatic heterocycles. The summed E-state index contributed by atoms with van der Waals surface area (Å²) in [5.41, 5.74) is 0.264. The van der Waals surface area contributed by atoms with Gasteiger partial charge in [0.25, 0.3) is 0 Å². The van der Waals surface area contributed by atoms with Crippen LogP contribution in [0.5, 0.6) is 0 Å². The summed E-state index contributed by atoms with van der Waals surface area (Å²) in [4.78, 5) is 0. The van der Waals surface area contributed by atoms with E-state index < -0.39 is 0 Å². The maximum absolute atomic E-state index is 3.79. The van der Waals surface area contributed by atoms with Gasteiger partial charge in [-0.25, -0.2) is 0 Å². The van der Waals surface area contributed by atoms with Gasteiger partial charge in [0.2, 0.25) is 0 Å². The van der Waals surface area contributed by atoms with Gasteiger partial charge >= 0.3 is 0 Å². The fourth-order valence-corrected chi connectivity index (χ4v) is 3.67. The van der Waals surface area contributed by atoms with Gasteiger partial charge in [-0.05, 0) is 62.4 Å². The molecular weight excluding hydrogens is 208 g/mol. The summed E-state index contributed by atoms with van der Waals surface area (Å²) >= 11 is 0. The Morgan fingerprint density at radius 2 is 1.24 bits per heavy atom. The van der Waals surface area contributed by atoms with E-state index in [1.54, 1.807) is 0 Å². The van der Waals surface area contributed by atoms with E-state index in [4.69, 9.17) is 0 Å². The molecule has 2 rings (SSSR count). The van der Waals surface area contributed by atoms with Crippen LogP contribution in [0, 0.1) is 23.7 Å². The molecule has 0 aromatic rings. The lowest BCUT2D eigenvalue weighted by Crippen LogP contribution is -2.64. The van der Waals surface area contributed by atoms with Gasteiger partial charge in [-0.15, -0.1) is 0 Å². The second-order valence-corrected chi connectivity index (χ2v) is 6.93. The molecule has 0 aromatic carbocycles. The molecule has 100 valence electrons. The minimum atomic E-state index is 0.264. The molecule has 2 heterocycles. The maximum Gasteiger partial charge on any atom is 0.0692 e. The highest BCUT2D eigenvalue weighted by atomic mass is 15.2. The van der Waals surface area contributed by atoms with Crippen molar-refractivity contribution in [2.24, 2.45) is 23.7 Å². The van der Waals surface area contributed by atoms with Crippen LogP contribution >= 0.6 is 0 Å². The summed E-state index contributed by atoms with van der Waals surface area (Å²) in [6.07, 6.45) is 5.36. The SMILES string of the molecule is CC(C)[C@@H]1CCNC2(C1)C[C@H](C(C)C)CCN2. The number of nitrogens with one attached hydrogen (secondary N) is 2. The lowest BCUT2D eigenvalue weighted by molar-refractivity contribution is 0.0630. The summed E-state index contributed by atoms with van der Waals surface area (Å²) in [6, 6.07) is 0. The van der Waals surface area contributed by atoms with Crippen molar-refractivity contribution in [2.75, 3.05) is 13.1 Å². The molecule has 2 heteroatoms. The molecule has 2 saturated heterocycles. The second-order valence-electron chi connectivity index (χ2n) is 6.93. The van der Waals surface area contributed by atoms with Crippen molar-refractivity contribution in [3.8, 4) is 0 Å². The van der Waals surface area contributed by atoms with Crippen molar-refractivity contribution in [1.29, 1.82) is 0 Å². The summed E-state index contributed by atoms with van der Waals surface area (Å²) in [5.74, 6) is 3.45.